The van der Waals surface area contributed by atoms with E-state index in [4.69, 9.17) is 14.7 Å². The molecule has 0 saturated carbocycles. The summed E-state index contributed by atoms with van der Waals surface area (Å²) in [6.45, 7) is 2.64. The maximum atomic E-state index is 14.0. The van der Waals surface area contributed by atoms with Crippen LogP contribution in [-0.4, -0.2) is 26.7 Å². The van der Waals surface area contributed by atoms with E-state index in [-0.39, 0.29) is 36.1 Å². The highest BCUT2D eigenvalue weighted by atomic mass is 127. The van der Waals surface area contributed by atoms with Gasteiger partial charge in [0.25, 0.3) is 0 Å². The molecule has 0 aliphatic carbocycles. The molecule has 8 heteroatoms. The van der Waals surface area contributed by atoms with Crippen molar-refractivity contribution >= 4 is 35.6 Å². The first-order valence-corrected chi connectivity index (χ1v) is 8.08. The number of rotatable bonds is 6. The minimum atomic E-state index is -0.435. The number of benzene rings is 2. The molecule has 0 bridgehead atoms. The molecule has 2 rings (SSSR count). The molecule has 0 spiro atoms. The van der Waals surface area contributed by atoms with E-state index in [9.17, 15) is 4.39 Å². The van der Waals surface area contributed by atoms with Crippen molar-refractivity contribution in [2.75, 3.05) is 26.1 Å². The van der Waals surface area contributed by atoms with Crippen LogP contribution < -0.4 is 20.1 Å². The highest BCUT2D eigenvalue weighted by Gasteiger charge is 2.08. The van der Waals surface area contributed by atoms with Crippen LogP contribution in [0.25, 0.3) is 0 Å². The van der Waals surface area contributed by atoms with E-state index < -0.39 is 5.82 Å². The van der Waals surface area contributed by atoms with Gasteiger partial charge in [0.15, 0.2) is 17.5 Å². The third-order valence-electron chi connectivity index (χ3n) is 3.58. The van der Waals surface area contributed by atoms with Gasteiger partial charge in [0.1, 0.15) is 5.82 Å². The summed E-state index contributed by atoms with van der Waals surface area (Å²) < 4.78 is 24.8. The van der Waals surface area contributed by atoms with Crippen molar-refractivity contribution in [2.24, 2.45) is 4.99 Å². The molecule has 0 atom stereocenters. The van der Waals surface area contributed by atoms with E-state index in [1.54, 1.807) is 38.4 Å². The SMILES string of the molecule is CCOc1cc(NC(=NC)NCc2ccc(C#N)cc2F)ccc1OC.I. The zero-order valence-corrected chi connectivity index (χ0v) is 17.7. The Morgan fingerprint density at radius 2 is 2.00 bits per heavy atom. The van der Waals surface area contributed by atoms with Crippen LogP contribution >= 0.6 is 24.0 Å². The number of ether oxygens (including phenoxy) is 2. The van der Waals surface area contributed by atoms with Crippen molar-refractivity contribution in [3.05, 3.63) is 53.3 Å². The summed E-state index contributed by atoms with van der Waals surface area (Å²) in [6, 6.07) is 11.7. The standard InChI is InChI=1S/C19H21FN4O2.HI/c1-4-26-18-10-15(7-8-17(18)25-3)24-19(22-2)23-12-14-6-5-13(11-21)9-16(14)20;/h5-10H,4,12H2,1-3H3,(H2,22,23,24);1H. The summed E-state index contributed by atoms with van der Waals surface area (Å²) in [5.74, 6) is 1.30. The summed E-state index contributed by atoms with van der Waals surface area (Å²) in [6.07, 6.45) is 0. The predicted octanol–water partition coefficient (Wildman–Crippen LogP) is 3.91. The van der Waals surface area contributed by atoms with Gasteiger partial charge in [-0.15, -0.1) is 24.0 Å². The van der Waals surface area contributed by atoms with Gasteiger partial charge < -0.3 is 20.1 Å². The smallest absolute Gasteiger partial charge is 0.195 e. The Balaban J connectivity index is 0.00000364. The van der Waals surface area contributed by atoms with Crippen LogP contribution in [0.1, 0.15) is 18.1 Å². The van der Waals surface area contributed by atoms with Crippen molar-refractivity contribution in [1.82, 2.24) is 5.32 Å². The number of nitrogens with zero attached hydrogens (tertiary/aromatic N) is 2. The Hall–Kier alpha value is -2.54. The topological polar surface area (TPSA) is 78.7 Å². The molecule has 0 aliphatic heterocycles. The molecule has 6 nitrogen and oxygen atoms in total. The number of hydrogen-bond acceptors (Lipinski definition) is 4. The maximum absolute atomic E-state index is 14.0. The molecule has 27 heavy (non-hydrogen) atoms. The number of nitriles is 1. The fourth-order valence-electron chi connectivity index (χ4n) is 2.28. The monoisotopic (exact) mass is 484 g/mol. The number of halogens is 2. The van der Waals surface area contributed by atoms with Gasteiger partial charge in [-0.25, -0.2) is 4.39 Å². The van der Waals surface area contributed by atoms with E-state index in [0.717, 1.165) is 5.69 Å². The number of anilines is 1. The minimum absolute atomic E-state index is 0. The molecule has 0 aliphatic rings. The number of methoxy groups -OCH3 is 1. The summed E-state index contributed by atoms with van der Waals surface area (Å²) in [5, 5.41) is 14.9. The van der Waals surface area contributed by atoms with E-state index >= 15 is 0 Å². The van der Waals surface area contributed by atoms with Crippen molar-refractivity contribution < 1.29 is 13.9 Å². The first-order chi connectivity index (χ1) is 12.6. The molecule has 0 amide bonds. The van der Waals surface area contributed by atoms with Gasteiger partial charge in [0.2, 0.25) is 0 Å². The molecule has 0 heterocycles. The fourth-order valence-corrected chi connectivity index (χ4v) is 2.28. The van der Waals surface area contributed by atoms with Crippen molar-refractivity contribution in [2.45, 2.75) is 13.5 Å². The Labute approximate surface area is 175 Å². The van der Waals surface area contributed by atoms with Crippen LogP contribution in [0.2, 0.25) is 0 Å². The van der Waals surface area contributed by atoms with Crippen molar-refractivity contribution in [1.29, 1.82) is 5.26 Å². The van der Waals surface area contributed by atoms with Gasteiger partial charge in [0.05, 0.1) is 25.3 Å². The quantitative estimate of drug-likeness (QED) is 0.370. The summed E-state index contributed by atoms with van der Waals surface area (Å²) in [7, 11) is 3.20. The number of aliphatic imine (C=N–C) groups is 1. The number of nitrogens with one attached hydrogen (secondary N) is 2. The lowest BCUT2D eigenvalue weighted by atomic mass is 10.1. The predicted molar refractivity (Wildman–Crippen MR) is 115 cm³/mol. The first kappa shape index (κ1) is 22.5. The van der Waals surface area contributed by atoms with E-state index in [2.05, 4.69) is 15.6 Å². The normalized spacial score (nSPS) is 10.4. The molecule has 0 unspecified atom stereocenters. The average Bonchev–Trinajstić information content (AvgIpc) is 2.66. The molecule has 0 radical (unpaired) electrons. The second-order valence-electron chi connectivity index (χ2n) is 5.27. The van der Waals surface area contributed by atoms with Gasteiger partial charge >= 0.3 is 0 Å². The van der Waals surface area contributed by atoms with Crippen molar-refractivity contribution in [3.8, 4) is 17.6 Å². The van der Waals surface area contributed by atoms with Crippen LogP contribution in [0.3, 0.4) is 0 Å². The third-order valence-corrected chi connectivity index (χ3v) is 3.58. The Morgan fingerprint density at radius 1 is 1.22 bits per heavy atom. The summed E-state index contributed by atoms with van der Waals surface area (Å²) in [5.41, 5.74) is 1.48. The van der Waals surface area contributed by atoms with Crippen LogP contribution in [0.4, 0.5) is 10.1 Å². The Morgan fingerprint density at radius 3 is 2.59 bits per heavy atom. The second-order valence-corrected chi connectivity index (χ2v) is 5.27. The van der Waals surface area contributed by atoms with Crippen LogP contribution in [0.15, 0.2) is 41.4 Å². The molecule has 2 N–H and O–H groups in total. The molecule has 0 aromatic heterocycles. The third kappa shape index (κ3) is 6.29. The lowest BCUT2D eigenvalue weighted by molar-refractivity contribution is 0.311. The van der Waals surface area contributed by atoms with Crippen LogP contribution in [-0.2, 0) is 6.54 Å². The largest absolute Gasteiger partial charge is 0.493 e. The first-order valence-electron chi connectivity index (χ1n) is 8.08. The van der Waals surface area contributed by atoms with Crippen LogP contribution in [0.5, 0.6) is 11.5 Å². The zero-order valence-electron chi connectivity index (χ0n) is 15.4. The highest BCUT2D eigenvalue weighted by Crippen LogP contribution is 2.30. The molecule has 2 aromatic carbocycles. The highest BCUT2D eigenvalue weighted by molar-refractivity contribution is 14.0. The molecular formula is C19H22FIN4O2. The Bertz CT molecular complexity index is 837. The summed E-state index contributed by atoms with van der Waals surface area (Å²) in [4.78, 5) is 4.13. The van der Waals surface area contributed by atoms with Crippen LogP contribution in [0, 0.1) is 17.1 Å². The van der Waals surface area contributed by atoms with Gasteiger partial charge in [-0.2, -0.15) is 5.26 Å². The Kier molecular flexibility index (Phi) is 9.36. The van der Waals surface area contributed by atoms with Gasteiger partial charge in [-0.05, 0) is 31.2 Å². The fraction of sp³-hybridized carbons (Fsp3) is 0.263. The lowest BCUT2D eigenvalue weighted by Gasteiger charge is -2.15. The van der Waals surface area contributed by atoms with E-state index in [0.29, 0.717) is 29.6 Å². The molecule has 144 valence electrons. The maximum Gasteiger partial charge on any atom is 0.195 e. The average molecular weight is 484 g/mol. The van der Waals surface area contributed by atoms with Gasteiger partial charge in [-0.3, -0.25) is 4.99 Å². The van der Waals surface area contributed by atoms with Crippen molar-refractivity contribution in [3.63, 3.8) is 0 Å². The van der Waals surface area contributed by atoms with E-state index in [1.807, 2.05) is 19.1 Å². The molecule has 2 aromatic rings. The van der Waals surface area contributed by atoms with Gasteiger partial charge in [0, 0.05) is 30.9 Å². The number of hydrogen-bond donors (Lipinski definition) is 2. The zero-order chi connectivity index (χ0) is 18.9. The second kappa shape index (κ2) is 11.2. The summed E-state index contributed by atoms with van der Waals surface area (Å²) >= 11 is 0. The molecular weight excluding hydrogens is 462 g/mol. The minimum Gasteiger partial charge on any atom is -0.493 e. The van der Waals surface area contributed by atoms with Gasteiger partial charge in [-0.1, -0.05) is 6.07 Å². The van der Waals surface area contributed by atoms with E-state index in [1.165, 1.54) is 6.07 Å². The molecule has 0 fully saturated rings. The lowest BCUT2D eigenvalue weighted by Crippen LogP contribution is -2.30. The number of guanidine groups is 1. The molecule has 0 saturated heterocycles.